The van der Waals surface area contributed by atoms with Gasteiger partial charge in [-0.15, -0.1) is 0 Å². The Kier molecular flexibility index (Phi) is 4.22. The lowest BCUT2D eigenvalue weighted by atomic mass is 10.1. The molecular weight excluding hydrogens is 362 g/mol. The first kappa shape index (κ1) is 17.7. The third-order valence-electron chi connectivity index (χ3n) is 4.14. The zero-order valence-corrected chi connectivity index (χ0v) is 16.3. The lowest BCUT2D eigenvalue weighted by Gasteiger charge is -2.19. The summed E-state index contributed by atoms with van der Waals surface area (Å²) >= 11 is 1.64. The minimum atomic E-state index is -0.519. The molecule has 0 bridgehead atoms. The zero-order chi connectivity index (χ0) is 19.2. The van der Waals surface area contributed by atoms with Crippen molar-refractivity contribution < 1.29 is 9.53 Å². The van der Waals surface area contributed by atoms with E-state index in [-0.39, 0.29) is 0 Å². The largest absolute Gasteiger partial charge is 0.444 e. The number of rotatable bonds is 3. The Balaban J connectivity index is 1.63. The standard InChI is InChI=1S/C19H21N5O2S/c1-19(2,3)26-18(25)22-8-9-24-13-5-4-12(20)17-15(13)16(23-24)11-10-21-7-6-14(11)27-17/h4-7,10H,8-9,20H2,1-3H3,(H,22,25). The topological polar surface area (TPSA) is 95.1 Å². The summed E-state index contributed by atoms with van der Waals surface area (Å²) in [7, 11) is 0. The summed E-state index contributed by atoms with van der Waals surface area (Å²) in [5.74, 6) is 0. The van der Waals surface area contributed by atoms with Gasteiger partial charge in [-0.3, -0.25) is 9.67 Å². The van der Waals surface area contributed by atoms with Gasteiger partial charge >= 0.3 is 6.09 Å². The number of aromatic nitrogens is 3. The predicted molar refractivity (Wildman–Crippen MR) is 106 cm³/mol. The summed E-state index contributed by atoms with van der Waals surface area (Å²) in [5, 5.41) is 8.61. The molecule has 0 unspecified atom stereocenters. The number of nitrogen functional groups attached to an aromatic ring is 1. The molecule has 1 aromatic carbocycles. The van der Waals surface area contributed by atoms with Crippen LogP contribution in [0.5, 0.6) is 0 Å². The maximum atomic E-state index is 11.9. The van der Waals surface area contributed by atoms with E-state index in [1.807, 2.05) is 49.8 Å². The first-order valence-corrected chi connectivity index (χ1v) is 9.53. The molecule has 3 heterocycles. The van der Waals surface area contributed by atoms with Gasteiger partial charge in [0.2, 0.25) is 0 Å². The average molecular weight is 383 g/mol. The van der Waals surface area contributed by atoms with Crippen molar-refractivity contribution in [2.45, 2.75) is 42.7 Å². The number of anilines is 1. The molecule has 1 aliphatic rings. The minimum Gasteiger partial charge on any atom is -0.444 e. The molecule has 8 heteroatoms. The molecule has 1 amide bonds. The molecule has 0 saturated heterocycles. The van der Waals surface area contributed by atoms with Crippen LogP contribution >= 0.6 is 11.8 Å². The van der Waals surface area contributed by atoms with Crippen molar-refractivity contribution in [3.8, 4) is 11.3 Å². The summed E-state index contributed by atoms with van der Waals surface area (Å²) in [6, 6.07) is 5.85. The highest BCUT2D eigenvalue weighted by Crippen LogP contribution is 2.49. The van der Waals surface area contributed by atoms with Crippen LogP contribution in [-0.4, -0.2) is 33.0 Å². The number of alkyl carbamates (subject to hydrolysis) is 1. The molecule has 27 heavy (non-hydrogen) atoms. The van der Waals surface area contributed by atoms with Gasteiger partial charge in [-0.25, -0.2) is 4.79 Å². The van der Waals surface area contributed by atoms with Crippen molar-refractivity contribution in [1.82, 2.24) is 20.1 Å². The molecule has 4 rings (SSSR count). The molecule has 1 aliphatic heterocycles. The molecule has 0 saturated carbocycles. The third kappa shape index (κ3) is 3.32. The van der Waals surface area contributed by atoms with E-state index < -0.39 is 11.7 Å². The first-order chi connectivity index (χ1) is 12.8. The number of nitrogens with one attached hydrogen (secondary N) is 1. The molecule has 3 N–H and O–H groups in total. The Morgan fingerprint density at radius 3 is 2.93 bits per heavy atom. The Morgan fingerprint density at radius 1 is 1.33 bits per heavy atom. The summed E-state index contributed by atoms with van der Waals surface area (Å²) in [5.41, 5.74) is 9.31. The molecule has 0 fully saturated rings. The van der Waals surface area contributed by atoms with Crippen molar-refractivity contribution in [1.29, 1.82) is 0 Å². The fraction of sp³-hybridized carbons (Fsp3) is 0.316. The van der Waals surface area contributed by atoms with Crippen LogP contribution in [0.3, 0.4) is 0 Å². The lowest BCUT2D eigenvalue weighted by Crippen LogP contribution is -2.34. The van der Waals surface area contributed by atoms with Crippen molar-refractivity contribution in [3.63, 3.8) is 0 Å². The quantitative estimate of drug-likeness (QED) is 0.524. The van der Waals surface area contributed by atoms with E-state index in [0.29, 0.717) is 13.1 Å². The number of benzene rings is 1. The van der Waals surface area contributed by atoms with Crippen LogP contribution in [0.4, 0.5) is 10.5 Å². The van der Waals surface area contributed by atoms with E-state index in [1.54, 1.807) is 18.0 Å². The SMILES string of the molecule is CC(C)(C)OC(=O)NCCn1nc2c3c(c(N)ccc31)Sc1ccncc1-2. The number of fused-ring (bicyclic) bond motifs is 2. The summed E-state index contributed by atoms with van der Waals surface area (Å²) in [6.07, 6.45) is 3.17. The highest BCUT2D eigenvalue weighted by Gasteiger charge is 2.25. The van der Waals surface area contributed by atoms with Gasteiger partial charge in [0, 0.05) is 45.4 Å². The molecule has 7 nitrogen and oxygen atoms in total. The Morgan fingerprint density at radius 2 is 2.15 bits per heavy atom. The fourth-order valence-corrected chi connectivity index (χ4v) is 4.16. The van der Waals surface area contributed by atoms with Crippen LogP contribution in [0.15, 0.2) is 40.4 Å². The van der Waals surface area contributed by atoms with Crippen LogP contribution in [0.2, 0.25) is 0 Å². The average Bonchev–Trinajstić information content (AvgIpc) is 2.96. The van der Waals surface area contributed by atoms with Crippen LogP contribution in [0.1, 0.15) is 20.8 Å². The molecule has 0 aliphatic carbocycles. The fourth-order valence-electron chi connectivity index (χ4n) is 3.06. The molecule has 0 radical (unpaired) electrons. The lowest BCUT2D eigenvalue weighted by molar-refractivity contribution is 0.0526. The number of hydrogen-bond acceptors (Lipinski definition) is 6. The van der Waals surface area contributed by atoms with Gasteiger partial charge in [-0.2, -0.15) is 5.10 Å². The molecule has 3 aromatic rings. The van der Waals surface area contributed by atoms with E-state index in [0.717, 1.165) is 37.6 Å². The zero-order valence-electron chi connectivity index (χ0n) is 15.4. The van der Waals surface area contributed by atoms with Crippen molar-refractivity contribution >= 4 is 34.4 Å². The van der Waals surface area contributed by atoms with Crippen molar-refractivity contribution in [3.05, 3.63) is 30.6 Å². The normalized spacial score (nSPS) is 12.7. The predicted octanol–water partition coefficient (Wildman–Crippen LogP) is 3.67. The molecular formula is C19H21N5O2S. The number of carbonyl (C=O) groups is 1. The number of nitrogens with zero attached hydrogens (tertiary/aromatic N) is 3. The third-order valence-corrected chi connectivity index (χ3v) is 5.36. The van der Waals surface area contributed by atoms with Crippen molar-refractivity contribution in [2.24, 2.45) is 0 Å². The molecule has 0 atom stereocenters. The monoisotopic (exact) mass is 383 g/mol. The Hall–Kier alpha value is -2.74. The van der Waals surface area contributed by atoms with E-state index in [2.05, 4.69) is 10.3 Å². The first-order valence-electron chi connectivity index (χ1n) is 8.71. The number of carbonyl (C=O) groups excluding carboxylic acids is 1. The molecule has 2 aromatic heterocycles. The van der Waals surface area contributed by atoms with Gasteiger partial charge in [0.25, 0.3) is 0 Å². The second-order valence-corrected chi connectivity index (χ2v) is 8.40. The number of amides is 1. The second-order valence-electron chi connectivity index (χ2n) is 7.35. The maximum absolute atomic E-state index is 11.9. The van der Waals surface area contributed by atoms with Gasteiger partial charge in [0.1, 0.15) is 11.3 Å². The molecule has 140 valence electrons. The van der Waals surface area contributed by atoms with Crippen LogP contribution in [-0.2, 0) is 11.3 Å². The summed E-state index contributed by atoms with van der Waals surface area (Å²) in [6.45, 7) is 6.45. The Labute approximate surface area is 161 Å². The van der Waals surface area contributed by atoms with Gasteiger partial charge in [0.05, 0.1) is 12.1 Å². The smallest absolute Gasteiger partial charge is 0.407 e. The van der Waals surface area contributed by atoms with E-state index >= 15 is 0 Å². The molecule has 0 spiro atoms. The Bertz CT molecular complexity index is 1040. The minimum absolute atomic E-state index is 0.415. The number of pyridine rings is 1. The van der Waals surface area contributed by atoms with Gasteiger partial charge < -0.3 is 15.8 Å². The number of nitrogens with two attached hydrogens (primary N) is 1. The van der Waals surface area contributed by atoms with Gasteiger partial charge in [-0.05, 0) is 39.0 Å². The maximum Gasteiger partial charge on any atom is 0.407 e. The van der Waals surface area contributed by atoms with Crippen LogP contribution in [0, 0.1) is 0 Å². The highest BCUT2D eigenvalue weighted by atomic mass is 32.2. The number of hydrogen-bond donors (Lipinski definition) is 2. The number of ether oxygens (including phenoxy) is 1. The van der Waals surface area contributed by atoms with Crippen LogP contribution in [0.25, 0.3) is 22.2 Å². The van der Waals surface area contributed by atoms with E-state index in [9.17, 15) is 4.79 Å². The summed E-state index contributed by atoms with van der Waals surface area (Å²) in [4.78, 5) is 18.2. The van der Waals surface area contributed by atoms with Gasteiger partial charge in [0.15, 0.2) is 0 Å². The van der Waals surface area contributed by atoms with E-state index in [1.165, 1.54) is 0 Å². The second kappa shape index (κ2) is 6.45. The van der Waals surface area contributed by atoms with Gasteiger partial charge in [-0.1, -0.05) is 11.8 Å². The van der Waals surface area contributed by atoms with E-state index in [4.69, 9.17) is 15.6 Å². The highest BCUT2D eigenvalue weighted by molar-refractivity contribution is 8.00. The van der Waals surface area contributed by atoms with Crippen LogP contribution < -0.4 is 11.1 Å². The summed E-state index contributed by atoms with van der Waals surface area (Å²) < 4.78 is 7.17. The van der Waals surface area contributed by atoms with Crippen molar-refractivity contribution in [2.75, 3.05) is 12.3 Å².